The first-order valence-corrected chi connectivity index (χ1v) is 10.7. The lowest BCUT2D eigenvalue weighted by Gasteiger charge is -2.11. The van der Waals surface area contributed by atoms with Gasteiger partial charge in [0.1, 0.15) is 11.6 Å². The van der Waals surface area contributed by atoms with Crippen LogP contribution in [0.25, 0.3) is 5.65 Å². The number of carbonyl (C=O) groups is 1. The van der Waals surface area contributed by atoms with Gasteiger partial charge in [-0.15, -0.1) is 15.3 Å². The summed E-state index contributed by atoms with van der Waals surface area (Å²) in [5.41, 5.74) is 2.24. The number of hydrogen-bond acceptors (Lipinski definition) is 6. The van der Waals surface area contributed by atoms with Crippen LogP contribution in [-0.2, 0) is 17.8 Å². The first-order valence-electron chi connectivity index (χ1n) is 10.3. The van der Waals surface area contributed by atoms with Gasteiger partial charge in [0.25, 0.3) is 0 Å². The van der Waals surface area contributed by atoms with Gasteiger partial charge >= 0.3 is 0 Å². The average Bonchev–Trinajstić information content (AvgIpc) is 3.21. The third-order valence-electron chi connectivity index (χ3n) is 4.78. The van der Waals surface area contributed by atoms with Crippen LogP contribution in [0.2, 0.25) is 5.02 Å². The van der Waals surface area contributed by atoms with Gasteiger partial charge in [0, 0.05) is 24.4 Å². The van der Waals surface area contributed by atoms with Crippen molar-refractivity contribution in [3.8, 4) is 5.75 Å². The number of aromatic nitrogens is 4. The Hall–Kier alpha value is -3.65. The highest BCUT2D eigenvalue weighted by molar-refractivity contribution is 6.31. The van der Waals surface area contributed by atoms with Gasteiger partial charge in [-0.1, -0.05) is 41.9 Å². The third kappa shape index (κ3) is 5.15. The molecule has 0 bridgehead atoms. The van der Waals surface area contributed by atoms with E-state index < -0.39 is 0 Å². The Bertz CT molecular complexity index is 1230. The summed E-state index contributed by atoms with van der Waals surface area (Å²) in [4.78, 5) is 12.5. The second kappa shape index (κ2) is 10.1. The number of hydrogen-bond donors (Lipinski definition) is 2. The van der Waals surface area contributed by atoms with Crippen LogP contribution < -0.4 is 15.4 Å². The van der Waals surface area contributed by atoms with Crippen molar-refractivity contribution in [3.05, 3.63) is 77.1 Å². The summed E-state index contributed by atoms with van der Waals surface area (Å²) in [6, 6.07) is 18.7. The molecule has 32 heavy (non-hydrogen) atoms. The molecule has 164 valence electrons. The maximum absolute atomic E-state index is 12.5. The normalized spacial score (nSPS) is 10.8. The minimum atomic E-state index is -0.137. The number of nitrogens with zero attached hydrogens (tertiary/aromatic N) is 4. The largest absolute Gasteiger partial charge is 0.492 e. The zero-order valence-electron chi connectivity index (χ0n) is 17.6. The highest BCUT2D eigenvalue weighted by Crippen LogP contribution is 2.24. The number of para-hydroxylation sites is 2. The van der Waals surface area contributed by atoms with E-state index in [-0.39, 0.29) is 12.3 Å². The van der Waals surface area contributed by atoms with Crippen LogP contribution in [0.3, 0.4) is 0 Å². The summed E-state index contributed by atoms with van der Waals surface area (Å²) < 4.78 is 7.20. The number of rotatable bonds is 9. The molecular formula is C23H23ClN6O2. The smallest absolute Gasteiger partial charge is 0.224 e. The highest BCUT2D eigenvalue weighted by atomic mass is 35.5. The molecule has 0 saturated heterocycles. The van der Waals surface area contributed by atoms with Gasteiger partial charge in [0.05, 0.1) is 12.3 Å². The van der Waals surface area contributed by atoms with E-state index in [9.17, 15) is 4.79 Å². The van der Waals surface area contributed by atoms with Gasteiger partial charge in [0.15, 0.2) is 11.5 Å². The average molecular weight is 451 g/mol. The van der Waals surface area contributed by atoms with Crippen molar-refractivity contribution >= 4 is 34.7 Å². The van der Waals surface area contributed by atoms with Gasteiger partial charge in [-0.25, -0.2) is 0 Å². The SMILES string of the molecule is CCOc1ccccc1NC(=O)CCc1nnc2ccc(NCc3ccccc3Cl)nn12. The molecule has 0 radical (unpaired) electrons. The summed E-state index contributed by atoms with van der Waals surface area (Å²) >= 11 is 6.22. The van der Waals surface area contributed by atoms with Crippen LogP contribution in [0.4, 0.5) is 11.5 Å². The van der Waals surface area contributed by atoms with E-state index in [0.717, 1.165) is 5.56 Å². The lowest BCUT2D eigenvalue weighted by atomic mass is 10.2. The van der Waals surface area contributed by atoms with Crippen molar-refractivity contribution < 1.29 is 9.53 Å². The fourth-order valence-corrected chi connectivity index (χ4v) is 3.40. The molecule has 2 N–H and O–H groups in total. The number of anilines is 2. The van der Waals surface area contributed by atoms with E-state index in [1.807, 2.05) is 67.6 Å². The van der Waals surface area contributed by atoms with E-state index in [4.69, 9.17) is 16.3 Å². The molecule has 0 fully saturated rings. The molecule has 0 aliphatic heterocycles. The molecule has 0 aliphatic carbocycles. The zero-order valence-corrected chi connectivity index (χ0v) is 18.3. The Labute approximate surface area is 190 Å². The first kappa shape index (κ1) is 21.6. The van der Waals surface area contributed by atoms with Crippen LogP contribution in [-0.4, -0.2) is 32.3 Å². The number of fused-ring (bicyclic) bond motifs is 1. The maximum Gasteiger partial charge on any atom is 0.224 e. The Kier molecular flexibility index (Phi) is 6.81. The number of nitrogens with one attached hydrogen (secondary N) is 2. The fourth-order valence-electron chi connectivity index (χ4n) is 3.20. The Morgan fingerprint density at radius 2 is 1.88 bits per heavy atom. The summed E-state index contributed by atoms with van der Waals surface area (Å²) in [6.07, 6.45) is 0.630. The van der Waals surface area contributed by atoms with E-state index in [2.05, 4.69) is 25.9 Å². The summed E-state index contributed by atoms with van der Waals surface area (Å²) in [6.45, 7) is 2.97. The van der Waals surface area contributed by atoms with Crippen LogP contribution in [0.1, 0.15) is 24.7 Å². The van der Waals surface area contributed by atoms with E-state index in [0.29, 0.717) is 53.3 Å². The molecule has 4 rings (SSSR count). The van der Waals surface area contributed by atoms with Gasteiger partial charge in [0.2, 0.25) is 5.91 Å². The Morgan fingerprint density at radius 3 is 2.72 bits per heavy atom. The monoisotopic (exact) mass is 450 g/mol. The molecule has 4 aromatic rings. The Balaban J connectivity index is 1.40. The number of aryl methyl sites for hydroxylation is 1. The van der Waals surface area contributed by atoms with Crippen LogP contribution in [0.5, 0.6) is 5.75 Å². The number of benzene rings is 2. The molecule has 8 nitrogen and oxygen atoms in total. The lowest BCUT2D eigenvalue weighted by molar-refractivity contribution is -0.116. The number of ether oxygens (including phenoxy) is 1. The molecule has 9 heteroatoms. The van der Waals surface area contributed by atoms with Crippen LogP contribution in [0, 0.1) is 0 Å². The topological polar surface area (TPSA) is 93.4 Å². The van der Waals surface area contributed by atoms with Crippen molar-refractivity contribution in [2.24, 2.45) is 0 Å². The van der Waals surface area contributed by atoms with Crippen molar-refractivity contribution in [3.63, 3.8) is 0 Å². The maximum atomic E-state index is 12.5. The zero-order chi connectivity index (χ0) is 22.3. The molecule has 1 amide bonds. The standard InChI is InChI=1S/C23H23ClN6O2/c1-2-32-19-10-6-5-9-18(19)26-23(31)14-13-22-28-27-21-12-11-20(29-30(21)22)25-15-16-7-3-4-8-17(16)24/h3-12H,2,13-15H2,1H3,(H,25,29)(H,26,31). The predicted molar refractivity (Wildman–Crippen MR) is 124 cm³/mol. The van der Waals surface area contributed by atoms with Crippen LogP contribution >= 0.6 is 11.6 Å². The van der Waals surface area contributed by atoms with Crippen molar-refractivity contribution in [1.29, 1.82) is 0 Å². The predicted octanol–water partition coefficient (Wildman–Crippen LogP) is 4.36. The molecule has 0 saturated carbocycles. The van der Waals surface area contributed by atoms with Crippen molar-refractivity contribution in [2.45, 2.75) is 26.3 Å². The Morgan fingerprint density at radius 1 is 1.06 bits per heavy atom. The van der Waals surface area contributed by atoms with Crippen molar-refractivity contribution in [1.82, 2.24) is 19.8 Å². The van der Waals surface area contributed by atoms with Gasteiger partial charge < -0.3 is 15.4 Å². The number of halogens is 1. The molecule has 0 atom stereocenters. The second-order valence-electron chi connectivity index (χ2n) is 7.03. The summed E-state index contributed by atoms with van der Waals surface area (Å²) in [5.74, 6) is 1.78. The van der Waals surface area contributed by atoms with Gasteiger partial charge in [-0.05, 0) is 42.8 Å². The quantitative estimate of drug-likeness (QED) is 0.393. The molecule has 2 heterocycles. The molecule has 2 aromatic carbocycles. The summed E-state index contributed by atoms with van der Waals surface area (Å²) in [7, 11) is 0. The molecular weight excluding hydrogens is 428 g/mol. The highest BCUT2D eigenvalue weighted by Gasteiger charge is 2.12. The fraction of sp³-hybridized carbons (Fsp3) is 0.217. The minimum absolute atomic E-state index is 0.137. The van der Waals surface area contributed by atoms with E-state index in [1.165, 1.54) is 0 Å². The first-order chi connectivity index (χ1) is 15.6. The van der Waals surface area contributed by atoms with E-state index >= 15 is 0 Å². The number of amides is 1. The molecule has 0 unspecified atom stereocenters. The lowest BCUT2D eigenvalue weighted by Crippen LogP contribution is -2.14. The molecule has 0 spiro atoms. The summed E-state index contributed by atoms with van der Waals surface area (Å²) in [5, 5.41) is 19.8. The van der Waals surface area contributed by atoms with Gasteiger partial charge in [-0.2, -0.15) is 4.52 Å². The second-order valence-corrected chi connectivity index (χ2v) is 7.43. The van der Waals surface area contributed by atoms with Crippen LogP contribution in [0.15, 0.2) is 60.7 Å². The minimum Gasteiger partial charge on any atom is -0.492 e. The van der Waals surface area contributed by atoms with E-state index in [1.54, 1.807) is 4.52 Å². The number of carbonyl (C=O) groups excluding carboxylic acids is 1. The molecule has 2 aromatic heterocycles. The molecule has 0 aliphatic rings. The third-order valence-corrected chi connectivity index (χ3v) is 5.15. The van der Waals surface area contributed by atoms with Crippen molar-refractivity contribution in [2.75, 3.05) is 17.2 Å². The van der Waals surface area contributed by atoms with Gasteiger partial charge in [-0.3, -0.25) is 4.79 Å².